The Morgan fingerprint density at radius 2 is 1.18 bits per heavy atom. The lowest BCUT2D eigenvalue weighted by Gasteiger charge is -2.21. The Labute approximate surface area is 127 Å². The molecule has 0 aromatic rings. The van der Waals surface area contributed by atoms with Crippen LogP contribution in [0, 0.1) is 5.92 Å². The molecule has 0 radical (unpaired) electrons. The summed E-state index contributed by atoms with van der Waals surface area (Å²) < 4.78 is 89.0. The van der Waals surface area contributed by atoms with Gasteiger partial charge in [0.1, 0.15) is 0 Å². The Morgan fingerprint density at radius 3 is 1.50 bits per heavy atom. The normalized spacial score (nSPS) is 13.4. The molecule has 0 aromatic heterocycles. The summed E-state index contributed by atoms with van der Waals surface area (Å²) in [6.45, 7) is 3.81. The molecule has 0 aromatic carbocycles. The minimum atomic E-state index is -4.40. The highest BCUT2D eigenvalue weighted by Gasteiger charge is 2.32. The van der Waals surface area contributed by atoms with Crippen molar-refractivity contribution in [3.63, 3.8) is 0 Å². The third-order valence-corrected chi connectivity index (χ3v) is 4.42. The molecule has 0 fully saturated rings. The van der Waals surface area contributed by atoms with Gasteiger partial charge in [-0.25, -0.2) is 0 Å². The van der Waals surface area contributed by atoms with Crippen LogP contribution in [-0.2, 0) is 13.3 Å². The van der Waals surface area contributed by atoms with Gasteiger partial charge in [0.2, 0.25) is 0 Å². The van der Waals surface area contributed by atoms with E-state index in [2.05, 4.69) is 0 Å². The standard InChI is InChI=1S/C12H22F6O3Si/c1-3-19-22(20-4-2)21-9-10(5-7-11(13,14)15)6-8-12(16,17)18/h10,22H,3-9H2,1-2H3. The number of hydrogen-bond donors (Lipinski definition) is 0. The first kappa shape index (κ1) is 21.7. The van der Waals surface area contributed by atoms with Crippen LogP contribution in [0.3, 0.4) is 0 Å². The van der Waals surface area contributed by atoms with Gasteiger partial charge in [0, 0.05) is 32.7 Å². The molecule has 22 heavy (non-hydrogen) atoms. The molecule has 0 aliphatic heterocycles. The summed E-state index contributed by atoms with van der Waals surface area (Å²) in [6, 6.07) is 0. The van der Waals surface area contributed by atoms with E-state index in [1.807, 2.05) is 0 Å². The van der Waals surface area contributed by atoms with Crippen molar-refractivity contribution in [1.29, 1.82) is 0 Å². The third kappa shape index (κ3) is 13.3. The second kappa shape index (κ2) is 10.5. The van der Waals surface area contributed by atoms with Crippen molar-refractivity contribution in [1.82, 2.24) is 0 Å². The molecule has 3 nitrogen and oxygen atoms in total. The second-order valence-corrected chi connectivity index (χ2v) is 6.28. The van der Waals surface area contributed by atoms with Crippen molar-refractivity contribution < 1.29 is 39.6 Å². The van der Waals surface area contributed by atoms with Gasteiger partial charge in [0.15, 0.2) is 0 Å². The van der Waals surface area contributed by atoms with E-state index in [-0.39, 0.29) is 6.61 Å². The predicted octanol–water partition coefficient (Wildman–Crippen LogP) is 4.09. The fourth-order valence-electron chi connectivity index (χ4n) is 1.68. The smallest absolute Gasteiger partial charge is 0.376 e. The maximum Gasteiger partial charge on any atom is 0.484 e. The molecule has 0 unspecified atom stereocenters. The Bertz CT molecular complexity index is 261. The summed E-state index contributed by atoms with van der Waals surface area (Å²) in [7, 11) is -2.49. The van der Waals surface area contributed by atoms with E-state index in [9.17, 15) is 26.3 Å². The molecule has 0 amide bonds. The lowest BCUT2D eigenvalue weighted by Crippen LogP contribution is -2.30. The van der Waals surface area contributed by atoms with Crippen LogP contribution in [0.5, 0.6) is 0 Å². The Balaban J connectivity index is 4.42. The monoisotopic (exact) mass is 356 g/mol. The lowest BCUT2D eigenvalue weighted by atomic mass is 9.98. The van der Waals surface area contributed by atoms with Crippen LogP contribution in [-0.4, -0.2) is 41.7 Å². The maximum atomic E-state index is 12.2. The topological polar surface area (TPSA) is 27.7 Å². The molecule has 0 N–H and O–H groups in total. The number of alkyl halides is 6. The summed E-state index contributed by atoms with van der Waals surface area (Å²) in [4.78, 5) is 0. The quantitative estimate of drug-likeness (QED) is 0.412. The van der Waals surface area contributed by atoms with Crippen molar-refractivity contribution in [2.24, 2.45) is 5.92 Å². The van der Waals surface area contributed by atoms with Crippen molar-refractivity contribution >= 4 is 9.53 Å². The first-order valence-corrected chi connectivity index (χ1v) is 8.47. The zero-order valence-corrected chi connectivity index (χ0v) is 13.8. The van der Waals surface area contributed by atoms with Crippen LogP contribution in [0.25, 0.3) is 0 Å². The zero-order valence-electron chi connectivity index (χ0n) is 12.6. The van der Waals surface area contributed by atoms with E-state index < -0.39 is 53.5 Å². The van der Waals surface area contributed by atoms with Crippen molar-refractivity contribution in [3.8, 4) is 0 Å². The predicted molar refractivity (Wildman–Crippen MR) is 70.4 cm³/mol. The molecule has 10 heteroatoms. The summed E-state index contributed by atoms with van der Waals surface area (Å²) in [5.41, 5.74) is 0. The molecule has 0 bridgehead atoms. The molecule has 0 rings (SSSR count). The highest BCUT2D eigenvalue weighted by Crippen LogP contribution is 2.29. The van der Waals surface area contributed by atoms with Crippen molar-refractivity contribution in [2.75, 3.05) is 19.8 Å². The van der Waals surface area contributed by atoms with Gasteiger partial charge in [0.05, 0.1) is 0 Å². The molecule has 0 atom stereocenters. The van der Waals surface area contributed by atoms with Gasteiger partial charge < -0.3 is 13.3 Å². The molecule has 0 aliphatic rings. The third-order valence-electron chi connectivity index (χ3n) is 2.75. The largest absolute Gasteiger partial charge is 0.484 e. The minimum absolute atomic E-state index is 0.219. The average Bonchev–Trinajstić information content (AvgIpc) is 2.35. The first-order chi connectivity index (χ1) is 10.1. The maximum absolute atomic E-state index is 12.2. The van der Waals surface area contributed by atoms with Crippen LogP contribution in [0.4, 0.5) is 26.3 Å². The van der Waals surface area contributed by atoms with Gasteiger partial charge in [-0.05, 0) is 32.6 Å². The Kier molecular flexibility index (Phi) is 10.3. The molecule has 134 valence electrons. The summed E-state index contributed by atoms with van der Waals surface area (Å²) in [5, 5.41) is 0. The van der Waals surface area contributed by atoms with Crippen LogP contribution in [0.15, 0.2) is 0 Å². The van der Waals surface area contributed by atoms with Crippen LogP contribution >= 0.6 is 0 Å². The van der Waals surface area contributed by atoms with Gasteiger partial charge in [-0.3, -0.25) is 0 Å². The zero-order chi connectivity index (χ0) is 17.2. The first-order valence-electron chi connectivity index (χ1n) is 7.05. The fourth-order valence-corrected chi connectivity index (χ4v) is 2.94. The van der Waals surface area contributed by atoms with E-state index in [1.54, 1.807) is 13.8 Å². The highest BCUT2D eigenvalue weighted by molar-refractivity contribution is 6.36. The van der Waals surface area contributed by atoms with Crippen molar-refractivity contribution in [2.45, 2.75) is 51.9 Å². The van der Waals surface area contributed by atoms with Gasteiger partial charge in [-0.1, -0.05) is 0 Å². The van der Waals surface area contributed by atoms with E-state index in [1.165, 1.54) is 0 Å². The van der Waals surface area contributed by atoms with Crippen LogP contribution in [0.2, 0.25) is 0 Å². The fraction of sp³-hybridized carbons (Fsp3) is 1.00. The second-order valence-electron chi connectivity index (χ2n) is 4.71. The van der Waals surface area contributed by atoms with Gasteiger partial charge in [-0.15, -0.1) is 0 Å². The number of halogens is 6. The van der Waals surface area contributed by atoms with Crippen LogP contribution < -0.4 is 0 Å². The SMILES string of the molecule is CCO[SiH](OCC)OCC(CCC(F)(F)F)CCC(F)(F)F. The molecule has 0 aliphatic carbocycles. The molecule has 0 saturated heterocycles. The molecular weight excluding hydrogens is 334 g/mol. The van der Waals surface area contributed by atoms with Crippen LogP contribution in [0.1, 0.15) is 39.5 Å². The molecule has 0 saturated carbocycles. The van der Waals surface area contributed by atoms with E-state index in [0.717, 1.165) is 0 Å². The summed E-state index contributed by atoms with van der Waals surface area (Å²) >= 11 is 0. The van der Waals surface area contributed by atoms with E-state index in [4.69, 9.17) is 13.3 Å². The molecular formula is C12H22F6O3Si. The summed E-state index contributed by atoms with van der Waals surface area (Å²) in [6.07, 6.45) is -11.9. The molecule has 0 spiro atoms. The van der Waals surface area contributed by atoms with Crippen molar-refractivity contribution in [3.05, 3.63) is 0 Å². The lowest BCUT2D eigenvalue weighted by molar-refractivity contribution is -0.144. The Hall–Kier alpha value is -0.323. The summed E-state index contributed by atoms with van der Waals surface area (Å²) in [5.74, 6) is -0.834. The average molecular weight is 356 g/mol. The number of rotatable bonds is 11. The Morgan fingerprint density at radius 1 is 0.773 bits per heavy atom. The van der Waals surface area contributed by atoms with E-state index >= 15 is 0 Å². The highest BCUT2D eigenvalue weighted by atomic mass is 28.3. The molecule has 0 heterocycles. The van der Waals surface area contributed by atoms with Gasteiger partial charge >= 0.3 is 21.9 Å². The van der Waals surface area contributed by atoms with E-state index in [0.29, 0.717) is 13.2 Å². The van der Waals surface area contributed by atoms with Gasteiger partial charge in [0.25, 0.3) is 0 Å². The van der Waals surface area contributed by atoms with Gasteiger partial charge in [-0.2, -0.15) is 26.3 Å². The minimum Gasteiger partial charge on any atom is -0.376 e. The number of hydrogen-bond acceptors (Lipinski definition) is 3.